The number of nitrogens with zero attached hydrogens (tertiary/aromatic N) is 3. The van der Waals surface area contributed by atoms with Crippen molar-refractivity contribution in [1.82, 2.24) is 20.0 Å². The van der Waals surface area contributed by atoms with Crippen LogP contribution in [0.5, 0.6) is 0 Å². The molecule has 1 fully saturated rings. The summed E-state index contributed by atoms with van der Waals surface area (Å²) in [5, 5.41) is 7.82. The molecule has 2 aromatic rings. The maximum atomic E-state index is 13.2. The van der Waals surface area contributed by atoms with Crippen LogP contribution in [0.4, 0.5) is 0 Å². The Morgan fingerprint density at radius 2 is 2.00 bits per heavy atom. The minimum Gasteiger partial charge on any atom is -0.335 e. The van der Waals surface area contributed by atoms with Gasteiger partial charge >= 0.3 is 0 Å². The molecular weight excluding hydrogens is 300 g/mol. The van der Waals surface area contributed by atoms with Crippen molar-refractivity contribution >= 4 is 5.91 Å². The smallest absolute Gasteiger partial charge is 0.257 e. The molecule has 1 saturated heterocycles. The van der Waals surface area contributed by atoms with Crippen LogP contribution in [0.1, 0.15) is 42.2 Å². The van der Waals surface area contributed by atoms with E-state index >= 15 is 0 Å². The Morgan fingerprint density at radius 3 is 2.67 bits per heavy atom. The van der Waals surface area contributed by atoms with Crippen molar-refractivity contribution in [2.24, 2.45) is 0 Å². The van der Waals surface area contributed by atoms with Crippen LogP contribution in [-0.4, -0.2) is 46.3 Å². The van der Waals surface area contributed by atoms with Gasteiger partial charge in [-0.3, -0.25) is 4.79 Å². The van der Waals surface area contributed by atoms with Crippen LogP contribution in [0.3, 0.4) is 0 Å². The van der Waals surface area contributed by atoms with Gasteiger partial charge in [-0.05, 0) is 51.4 Å². The Hall–Kier alpha value is -2.14. The predicted octanol–water partition coefficient (Wildman–Crippen LogP) is 2.78. The average Bonchev–Trinajstić information content (AvgIpc) is 3.02. The summed E-state index contributed by atoms with van der Waals surface area (Å²) in [6, 6.07) is 10.3. The predicted molar refractivity (Wildman–Crippen MR) is 95.5 cm³/mol. The third kappa shape index (κ3) is 3.36. The van der Waals surface area contributed by atoms with Crippen LogP contribution >= 0.6 is 0 Å². The number of nitrogens with one attached hydrogen (secondary N) is 1. The number of hydrogen-bond donors (Lipinski definition) is 1. The Kier molecular flexibility index (Phi) is 5.30. The van der Waals surface area contributed by atoms with Crippen LogP contribution < -0.4 is 5.32 Å². The van der Waals surface area contributed by atoms with E-state index < -0.39 is 0 Å². The Bertz CT molecular complexity index is 674. The molecule has 1 aliphatic rings. The van der Waals surface area contributed by atoms with E-state index in [-0.39, 0.29) is 5.91 Å². The van der Waals surface area contributed by atoms with Crippen molar-refractivity contribution in [2.45, 2.75) is 39.2 Å². The molecule has 0 radical (unpaired) electrons. The molecule has 0 atom stereocenters. The molecule has 128 valence electrons. The number of aromatic nitrogens is 2. The molecule has 1 aromatic heterocycles. The molecule has 0 unspecified atom stereocenters. The third-order valence-corrected chi connectivity index (χ3v) is 4.72. The van der Waals surface area contributed by atoms with Gasteiger partial charge in [0.1, 0.15) is 0 Å². The molecule has 2 heterocycles. The molecule has 1 N–H and O–H groups in total. The largest absolute Gasteiger partial charge is 0.335 e. The highest BCUT2D eigenvalue weighted by molar-refractivity contribution is 5.95. The van der Waals surface area contributed by atoms with Gasteiger partial charge in [0, 0.05) is 12.6 Å². The van der Waals surface area contributed by atoms with Gasteiger partial charge in [0.05, 0.1) is 23.1 Å². The molecule has 0 spiro atoms. The van der Waals surface area contributed by atoms with E-state index in [2.05, 4.69) is 22.2 Å². The maximum absolute atomic E-state index is 13.2. The van der Waals surface area contributed by atoms with E-state index in [9.17, 15) is 4.79 Å². The maximum Gasteiger partial charge on any atom is 0.257 e. The summed E-state index contributed by atoms with van der Waals surface area (Å²) in [6.45, 7) is 6.88. The molecule has 3 rings (SSSR count). The fourth-order valence-corrected chi connectivity index (χ4v) is 3.41. The fraction of sp³-hybridized carbons (Fsp3) is 0.474. The van der Waals surface area contributed by atoms with Crippen molar-refractivity contribution in [1.29, 1.82) is 0 Å². The van der Waals surface area contributed by atoms with Gasteiger partial charge in [0.25, 0.3) is 5.91 Å². The highest BCUT2D eigenvalue weighted by Gasteiger charge is 2.27. The number of amides is 1. The minimum absolute atomic E-state index is 0.114. The molecule has 0 aliphatic carbocycles. The second kappa shape index (κ2) is 7.62. The Morgan fingerprint density at radius 1 is 1.29 bits per heavy atom. The number of rotatable bonds is 5. The Balaban J connectivity index is 1.86. The lowest BCUT2D eigenvalue weighted by molar-refractivity contribution is 0.0642. The summed E-state index contributed by atoms with van der Waals surface area (Å²) in [6.07, 6.45) is 4.74. The third-order valence-electron chi connectivity index (χ3n) is 4.72. The van der Waals surface area contributed by atoms with Crippen molar-refractivity contribution in [3.8, 4) is 5.69 Å². The quantitative estimate of drug-likeness (QED) is 0.919. The molecule has 0 saturated carbocycles. The molecular formula is C19H26N4O. The topological polar surface area (TPSA) is 50.2 Å². The lowest BCUT2D eigenvalue weighted by Crippen LogP contribution is -2.46. The molecule has 1 aliphatic heterocycles. The first-order valence-electron chi connectivity index (χ1n) is 8.84. The van der Waals surface area contributed by atoms with E-state index in [4.69, 9.17) is 0 Å². The zero-order valence-corrected chi connectivity index (χ0v) is 14.5. The van der Waals surface area contributed by atoms with Crippen LogP contribution in [-0.2, 0) is 0 Å². The van der Waals surface area contributed by atoms with E-state index in [0.29, 0.717) is 11.6 Å². The van der Waals surface area contributed by atoms with E-state index in [1.54, 1.807) is 6.20 Å². The molecule has 1 amide bonds. The molecule has 0 bridgehead atoms. The first kappa shape index (κ1) is 16.7. The van der Waals surface area contributed by atoms with Gasteiger partial charge in [0.2, 0.25) is 0 Å². The first-order chi connectivity index (χ1) is 11.7. The number of piperidine rings is 1. The number of hydrogen-bond acceptors (Lipinski definition) is 3. The monoisotopic (exact) mass is 326 g/mol. The average molecular weight is 326 g/mol. The van der Waals surface area contributed by atoms with Crippen molar-refractivity contribution in [3.05, 3.63) is 47.8 Å². The number of para-hydroxylation sites is 1. The number of benzene rings is 1. The van der Waals surface area contributed by atoms with Crippen LogP contribution in [0.15, 0.2) is 36.5 Å². The highest BCUT2D eigenvalue weighted by Crippen LogP contribution is 2.20. The summed E-state index contributed by atoms with van der Waals surface area (Å²) in [5.41, 5.74) is 2.60. The van der Waals surface area contributed by atoms with Gasteiger partial charge in [-0.1, -0.05) is 25.1 Å². The van der Waals surface area contributed by atoms with Gasteiger partial charge in [-0.2, -0.15) is 5.10 Å². The summed E-state index contributed by atoms with van der Waals surface area (Å²) >= 11 is 0. The number of carbonyl (C=O) groups excluding carboxylic acids is 1. The van der Waals surface area contributed by atoms with E-state index in [1.165, 1.54) is 0 Å². The Labute approximate surface area is 143 Å². The standard InChI is InChI=1S/C19H26N4O/c1-3-13-22(16-9-11-20-12-10-16)19(24)18-14-21-23(15(18)2)17-7-5-4-6-8-17/h4-8,14,16,20H,3,9-13H2,1-2H3. The summed E-state index contributed by atoms with van der Waals surface area (Å²) < 4.78 is 1.85. The second-order valence-electron chi connectivity index (χ2n) is 6.37. The SMILES string of the molecule is CCCN(C(=O)c1cnn(-c2ccccc2)c1C)C1CCNCC1. The molecule has 5 heteroatoms. The molecule has 5 nitrogen and oxygen atoms in total. The lowest BCUT2D eigenvalue weighted by atomic mass is 10.0. The summed E-state index contributed by atoms with van der Waals surface area (Å²) in [7, 11) is 0. The van der Waals surface area contributed by atoms with Gasteiger partial charge in [-0.15, -0.1) is 0 Å². The number of carbonyl (C=O) groups is 1. The van der Waals surface area contributed by atoms with Crippen LogP contribution in [0.25, 0.3) is 5.69 Å². The lowest BCUT2D eigenvalue weighted by Gasteiger charge is -2.34. The van der Waals surface area contributed by atoms with Crippen LogP contribution in [0, 0.1) is 6.92 Å². The second-order valence-corrected chi connectivity index (χ2v) is 6.37. The van der Waals surface area contributed by atoms with Crippen molar-refractivity contribution in [2.75, 3.05) is 19.6 Å². The van der Waals surface area contributed by atoms with E-state index in [0.717, 1.165) is 50.3 Å². The van der Waals surface area contributed by atoms with Crippen molar-refractivity contribution in [3.63, 3.8) is 0 Å². The van der Waals surface area contributed by atoms with Gasteiger partial charge < -0.3 is 10.2 Å². The highest BCUT2D eigenvalue weighted by atomic mass is 16.2. The molecule has 24 heavy (non-hydrogen) atoms. The van der Waals surface area contributed by atoms with Crippen molar-refractivity contribution < 1.29 is 4.79 Å². The zero-order valence-electron chi connectivity index (χ0n) is 14.5. The summed E-state index contributed by atoms with van der Waals surface area (Å²) in [5.74, 6) is 0.114. The summed E-state index contributed by atoms with van der Waals surface area (Å²) in [4.78, 5) is 15.2. The van der Waals surface area contributed by atoms with Gasteiger partial charge in [-0.25, -0.2) is 4.68 Å². The zero-order chi connectivity index (χ0) is 16.9. The first-order valence-corrected chi connectivity index (χ1v) is 8.84. The normalized spacial score (nSPS) is 15.4. The van der Waals surface area contributed by atoms with Gasteiger partial charge in [0.15, 0.2) is 0 Å². The fourth-order valence-electron chi connectivity index (χ4n) is 3.41. The van der Waals surface area contributed by atoms with E-state index in [1.807, 2.05) is 41.9 Å². The van der Waals surface area contributed by atoms with Crippen LogP contribution in [0.2, 0.25) is 0 Å². The molecule has 1 aromatic carbocycles. The minimum atomic E-state index is 0.114.